The topological polar surface area (TPSA) is 43.8 Å². The Morgan fingerprint density at radius 2 is 1.81 bits per heavy atom. The first-order valence-electron chi connectivity index (χ1n) is 7.53. The minimum atomic E-state index is -0.137. The lowest BCUT2D eigenvalue weighted by molar-refractivity contribution is 0.595. The highest BCUT2D eigenvalue weighted by atomic mass is 15.3. The van der Waals surface area contributed by atoms with Crippen molar-refractivity contribution in [3.63, 3.8) is 0 Å². The maximum absolute atomic E-state index is 6.49. The van der Waals surface area contributed by atoms with Crippen molar-refractivity contribution < 1.29 is 0 Å². The third-order valence-corrected chi connectivity index (χ3v) is 3.97. The zero-order valence-corrected chi connectivity index (χ0v) is 12.6. The zero-order valence-electron chi connectivity index (χ0n) is 12.6. The van der Waals surface area contributed by atoms with Crippen LogP contribution in [-0.2, 0) is 13.0 Å². The molecule has 0 amide bonds. The van der Waals surface area contributed by atoms with Gasteiger partial charge >= 0.3 is 0 Å². The Bertz CT molecular complexity index is 758. The standard InChI is InChI=1S/C18H21N3/c1-3-16-12-17(21(4-2)20-16)18(19)15-10-9-13-7-5-6-8-14(13)11-15/h5-12,18H,3-4,19H2,1-2H3. The summed E-state index contributed by atoms with van der Waals surface area (Å²) in [6, 6.07) is 16.8. The van der Waals surface area contributed by atoms with Gasteiger partial charge in [-0.05, 0) is 41.8 Å². The summed E-state index contributed by atoms with van der Waals surface area (Å²) in [7, 11) is 0. The molecule has 0 aliphatic carbocycles. The molecule has 0 bridgehead atoms. The molecule has 21 heavy (non-hydrogen) atoms. The number of aromatic nitrogens is 2. The van der Waals surface area contributed by atoms with E-state index >= 15 is 0 Å². The van der Waals surface area contributed by atoms with E-state index < -0.39 is 0 Å². The molecule has 3 aromatic rings. The molecule has 2 aromatic carbocycles. The van der Waals surface area contributed by atoms with Crippen molar-refractivity contribution >= 4 is 10.8 Å². The summed E-state index contributed by atoms with van der Waals surface area (Å²) in [4.78, 5) is 0. The molecule has 0 spiro atoms. The zero-order chi connectivity index (χ0) is 14.8. The van der Waals surface area contributed by atoms with Crippen molar-refractivity contribution in [1.82, 2.24) is 9.78 Å². The van der Waals surface area contributed by atoms with Crippen LogP contribution < -0.4 is 5.73 Å². The molecule has 1 unspecified atom stereocenters. The largest absolute Gasteiger partial charge is 0.319 e. The summed E-state index contributed by atoms with van der Waals surface area (Å²) in [5.74, 6) is 0. The van der Waals surface area contributed by atoms with Crippen LogP contribution in [0.5, 0.6) is 0 Å². The van der Waals surface area contributed by atoms with Crippen LogP contribution in [0.2, 0.25) is 0 Å². The Balaban J connectivity index is 2.03. The predicted molar refractivity (Wildman–Crippen MR) is 87.3 cm³/mol. The minimum Gasteiger partial charge on any atom is -0.319 e. The van der Waals surface area contributed by atoms with E-state index in [0.717, 1.165) is 29.9 Å². The fourth-order valence-electron chi connectivity index (χ4n) is 2.74. The van der Waals surface area contributed by atoms with E-state index in [2.05, 4.69) is 67.5 Å². The van der Waals surface area contributed by atoms with Gasteiger partial charge in [0.2, 0.25) is 0 Å². The second-order valence-electron chi connectivity index (χ2n) is 5.31. The maximum atomic E-state index is 6.49. The first kappa shape index (κ1) is 13.8. The summed E-state index contributed by atoms with van der Waals surface area (Å²) in [6.07, 6.45) is 0.935. The number of aryl methyl sites for hydroxylation is 2. The molecule has 1 atom stereocenters. The molecule has 108 valence electrons. The Hall–Kier alpha value is -2.13. The second kappa shape index (κ2) is 5.70. The van der Waals surface area contributed by atoms with Gasteiger partial charge in [0.25, 0.3) is 0 Å². The maximum Gasteiger partial charge on any atom is 0.0723 e. The normalized spacial score (nSPS) is 12.7. The second-order valence-corrected chi connectivity index (χ2v) is 5.31. The quantitative estimate of drug-likeness (QED) is 0.792. The van der Waals surface area contributed by atoms with Crippen LogP contribution in [0.3, 0.4) is 0 Å². The molecule has 1 heterocycles. The van der Waals surface area contributed by atoms with E-state index in [-0.39, 0.29) is 6.04 Å². The van der Waals surface area contributed by atoms with Crippen LogP contribution in [0.15, 0.2) is 48.5 Å². The van der Waals surface area contributed by atoms with Crippen molar-refractivity contribution in [1.29, 1.82) is 0 Å². The van der Waals surface area contributed by atoms with Crippen LogP contribution in [-0.4, -0.2) is 9.78 Å². The summed E-state index contributed by atoms with van der Waals surface area (Å²) in [6.45, 7) is 5.06. The SMILES string of the molecule is CCc1cc(C(N)c2ccc3ccccc3c2)n(CC)n1. The highest BCUT2D eigenvalue weighted by Gasteiger charge is 2.15. The predicted octanol–water partition coefficient (Wildman–Crippen LogP) is 3.67. The molecule has 0 fully saturated rings. The van der Waals surface area contributed by atoms with Gasteiger partial charge in [0.1, 0.15) is 0 Å². The number of fused-ring (bicyclic) bond motifs is 1. The number of benzene rings is 2. The van der Waals surface area contributed by atoms with E-state index in [1.54, 1.807) is 0 Å². The molecule has 0 aliphatic heterocycles. The average molecular weight is 279 g/mol. The lowest BCUT2D eigenvalue weighted by atomic mass is 10.00. The molecule has 0 saturated carbocycles. The van der Waals surface area contributed by atoms with Crippen molar-refractivity contribution in [3.05, 3.63) is 65.5 Å². The summed E-state index contributed by atoms with van der Waals surface area (Å²) < 4.78 is 2.01. The molecular weight excluding hydrogens is 258 g/mol. The third-order valence-electron chi connectivity index (χ3n) is 3.97. The fraction of sp³-hybridized carbons (Fsp3) is 0.278. The van der Waals surface area contributed by atoms with Crippen molar-refractivity contribution in [3.8, 4) is 0 Å². The van der Waals surface area contributed by atoms with Crippen LogP contribution in [0, 0.1) is 0 Å². The van der Waals surface area contributed by atoms with E-state index in [1.165, 1.54) is 10.8 Å². The highest BCUT2D eigenvalue weighted by Crippen LogP contribution is 2.24. The molecule has 2 N–H and O–H groups in total. The summed E-state index contributed by atoms with van der Waals surface area (Å²) in [5.41, 5.74) is 9.81. The van der Waals surface area contributed by atoms with Crippen molar-refractivity contribution in [2.24, 2.45) is 5.73 Å². The minimum absolute atomic E-state index is 0.137. The van der Waals surface area contributed by atoms with Gasteiger partial charge in [-0.2, -0.15) is 5.10 Å². The van der Waals surface area contributed by atoms with Gasteiger partial charge in [0.15, 0.2) is 0 Å². The number of hydrogen-bond donors (Lipinski definition) is 1. The monoisotopic (exact) mass is 279 g/mol. The third kappa shape index (κ3) is 2.57. The van der Waals surface area contributed by atoms with E-state index in [9.17, 15) is 0 Å². The Morgan fingerprint density at radius 1 is 1.05 bits per heavy atom. The Labute approximate surface area is 125 Å². The smallest absolute Gasteiger partial charge is 0.0723 e. The molecule has 0 radical (unpaired) electrons. The van der Waals surface area contributed by atoms with E-state index in [1.807, 2.05) is 4.68 Å². The number of hydrogen-bond acceptors (Lipinski definition) is 2. The molecular formula is C18H21N3. The van der Waals surface area contributed by atoms with E-state index in [4.69, 9.17) is 5.73 Å². The first-order chi connectivity index (χ1) is 10.2. The summed E-state index contributed by atoms with van der Waals surface area (Å²) >= 11 is 0. The van der Waals surface area contributed by atoms with Crippen molar-refractivity contribution in [2.45, 2.75) is 32.9 Å². The van der Waals surface area contributed by atoms with Crippen LogP contribution in [0.1, 0.15) is 36.8 Å². The molecule has 3 heteroatoms. The van der Waals surface area contributed by atoms with Crippen LogP contribution >= 0.6 is 0 Å². The molecule has 3 nitrogen and oxygen atoms in total. The Kier molecular flexibility index (Phi) is 3.76. The van der Waals surface area contributed by atoms with Crippen LogP contribution in [0.25, 0.3) is 10.8 Å². The first-order valence-corrected chi connectivity index (χ1v) is 7.53. The molecule has 0 aliphatic rings. The number of rotatable bonds is 4. The van der Waals surface area contributed by atoms with E-state index in [0.29, 0.717) is 0 Å². The van der Waals surface area contributed by atoms with Gasteiger partial charge in [-0.3, -0.25) is 4.68 Å². The van der Waals surface area contributed by atoms with Gasteiger partial charge in [0.05, 0.1) is 17.4 Å². The van der Waals surface area contributed by atoms with Crippen LogP contribution in [0.4, 0.5) is 0 Å². The Morgan fingerprint density at radius 3 is 2.52 bits per heavy atom. The fourth-order valence-corrected chi connectivity index (χ4v) is 2.74. The lowest BCUT2D eigenvalue weighted by Gasteiger charge is -2.14. The van der Waals surface area contributed by atoms with Gasteiger partial charge in [0, 0.05) is 6.54 Å². The van der Waals surface area contributed by atoms with Gasteiger partial charge < -0.3 is 5.73 Å². The van der Waals surface area contributed by atoms with Gasteiger partial charge in [-0.25, -0.2) is 0 Å². The van der Waals surface area contributed by atoms with Gasteiger partial charge in [-0.15, -0.1) is 0 Å². The molecule has 1 aromatic heterocycles. The average Bonchev–Trinajstić information content (AvgIpc) is 2.97. The lowest BCUT2D eigenvalue weighted by Crippen LogP contribution is -2.17. The van der Waals surface area contributed by atoms with Crippen molar-refractivity contribution in [2.75, 3.05) is 0 Å². The molecule has 3 rings (SSSR count). The highest BCUT2D eigenvalue weighted by molar-refractivity contribution is 5.83. The summed E-state index contributed by atoms with van der Waals surface area (Å²) in [5, 5.41) is 7.06. The van der Waals surface area contributed by atoms with Gasteiger partial charge in [-0.1, -0.05) is 43.3 Å². The number of nitrogens with zero attached hydrogens (tertiary/aromatic N) is 2. The number of nitrogens with two attached hydrogens (primary N) is 1. The molecule has 0 saturated heterocycles.